The minimum Gasteiger partial charge on any atom is -0.496 e. The third kappa shape index (κ3) is 4.83. The number of hydrogen-bond donors (Lipinski definition) is 1. The van der Waals surface area contributed by atoms with Crippen LogP contribution in [-0.4, -0.2) is 30.8 Å². The van der Waals surface area contributed by atoms with Crippen LogP contribution in [0.15, 0.2) is 24.3 Å². The Kier molecular flexibility index (Phi) is 5.60. The molecule has 0 bridgehead atoms. The van der Waals surface area contributed by atoms with Gasteiger partial charge in [0.05, 0.1) is 20.1 Å². The van der Waals surface area contributed by atoms with Crippen LogP contribution in [0.25, 0.3) is 6.08 Å². The van der Waals surface area contributed by atoms with Crippen LogP contribution in [0.3, 0.4) is 0 Å². The maximum absolute atomic E-state index is 11.2. The number of benzene rings is 1. The predicted octanol–water partition coefficient (Wildman–Crippen LogP) is 1.90. The highest BCUT2D eigenvalue weighted by Gasteiger charge is 2.05. The van der Waals surface area contributed by atoms with Crippen molar-refractivity contribution in [1.82, 2.24) is 0 Å². The predicted molar refractivity (Wildman–Crippen MR) is 70.0 cm³/mol. The molecule has 1 aromatic rings. The maximum atomic E-state index is 11.2. The second-order valence-corrected chi connectivity index (χ2v) is 3.73. The average molecular weight is 264 g/mol. The number of methoxy groups -OCH3 is 1. The molecule has 0 unspecified atom stereocenters. The van der Waals surface area contributed by atoms with Gasteiger partial charge >= 0.3 is 11.9 Å². The van der Waals surface area contributed by atoms with Gasteiger partial charge in [0.2, 0.25) is 0 Å². The van der Waals surface area contributed by atoms with Gasteiger partial charge in [-0.2, -0.15) is 0 Å². The highest BCUT2D eigenvalue weighted by molar-refractivity contribution is 5.87. The van der Waals surface area contributed by atoms with Crippen molar-refractivity contribution in [1.29, 1.82) is 0 Å². The number of carboxylic acids is 1. The number of carbonyl (C=O) groups is 2. The van der Waals surface area contributed by atoms with Gasteiger partial charge in [-0.15, -0.1) is 0 Å². The van der Waals surface area contributed by atoms with E-state index in [0.29, 0.717) is 23.5 Å². The van der Waals surface area contributed by atoms with Crippen LogP contribution in [-0.2, 0) is 20.7 Å². The summed E-state index contributed by atoms with van der Waals surface area (Å²) < 4.78 is 9.92. The second-order valence-electron chi connectivity index (χ2n) is 3.73. The number of ether oxygens (including phenoxy) is 2. The van der Waals surface area contributed by atoms with Gasteiger partial charge in [0.1, 0.15) is 5.75 Å². The van der Waals surface area contributed by atoms with Crippen molar-refractivity contribution in [2.24, 2.45) is 0 Å². The van der Waals surface area contributed by atoms with E-state index in [-0.39, 0.29) is 6.42 Å². The van der Waals surface area contributed by atoms with E-state index in [0.717, 1.165) is 0 Å². The number of aliphatic carboxylic acids is 1. The maximum Gasteiger partial charge on any atom is 0.330 e. The van der Waals surface area contributed by atoms with Crippen LogP contribution in [0.5, 0.6) is 5.75 Å². The van der Waals surface area contributed by atoms with Crippen molar-refractivity contribution in [3.63, 3.8) is 0 Å². The lowest BCUT2D eigenvalue weighted by molar-refractivity contribution is -0.137. The molecular weight excluding hydrogens is 248 g/mol. The Morgan fingerprint density at radius 1 is 1.37 bits per heavy atom. The third-order valence-electron chi connectivity index (χ3n) is 2.34. The zero-order valence-electron chi connectivity index (χ0n) is 10.9. The van der Waals surface area contributed by atoms with Gasteiger partial charge in [-0.3, -0.25) is 4.79 Å². The molecule has 0 spiro atoms. The van der Waals surface area contributed by atoms with Crippen molar-refractivity contribution < 1.29 is 24.2 Å². The van der Waals surface area contributed by atoms with Gasteiger partial charge in [-0.05, 0) is 30.7 Å². The van der Waals surface area contributed by atoms with Gasteiger partial charge in [-0.1, -0.05) is 6.07 Å². The average Bonchev–Trinajstić information content (AvgIpc) is 2.36. The summed E-state index contributed by atoms with van der Waals surface area (Å²) >= 11 is 0. The minimum atomic E-state index is -0.912. The summed E-state index contributed by atoms with van der Waals surface area (Å²) in [5, 5.41) is 8.75. The zero-order valence-corrected chi connectivity index (χ0v) is 10.9. The first-order valence-corrected chi connectivity index (χ1v) is 5.80. The van der Waals surface area contributed by atoms with E-state index in [4.69, 9.17) is 14.6 Å². The summed E-state index contributed by atoms with van der Waals surface area (Å²) in [6.45, 7) is 2.03. The lowest BCUT2D eigenvalue weighted by Gasteiger charge is -2.06. The first-order valence-electron chi connectivity index (χ1n) is 5.80. The Balaban J connectivity index is 2.95. The second kappa shape index (κ2) is 7.20. The Labute approximate surface area is 111 Å². The highest BCUT2D eigenvalue weighted by Crippen LogP contribution is 2.21. The molecule has 1 rings (SSSR count). The Morgan fingerprint density at radius 2 is 2.11 bits per heavy atom. The highest BCUT2D eigenvalue weighted by atomic mass is 16.5. The Morgan fingerprint density at radius 3 is 2.68 bits per heavy atom. The largest absolute Gasteiger partial charge is 0.496 e. The van der Waals surface area contributed by atoms with Crippen LogP contribution >= 0.6 is 0 Å². The molecule has 5 nitrogen and oxygen atoms in total. The standard InChI is InChI=1S/C14H16O5/c1-3-19-14(17)7-5-11-8-10(9-13(15)16)4-6-12(11)18-2/h4-8H,3,9H2,1-2H3,(H,15,16). The first kappa shape index (κ1) is 14.8. The molecule has 1 N–H and O–H groups in total. The van der Waals surface area contributed by atoms with E-state index >= 15 is 0 Å². The lowest BCUT2D eigenvalue weighted by atomic mass is 10.1. The molecule has 0 fully saturated rings. The lowest BCUT2D eigenvalue weighted by Crippen LogP contribution is -2.01. The van der Waals surface area contributed by atoms with Crippen molar-refractivity contribution in [3.05, 3.63) is 35.4 Å². The number of hydrogen-bond acceptors (Lipinski definition) is 4. The molecule has 0 aliphatic rings. The third-order valence-corrected chi connectivity index (χ3v) is 2.34. The monoisotopic (exact) mass is 264 g/mol. The molecule has 0 aliphatic carbocycles. The van der Waals surface area contributed by atoms with E-state index in [1.165, 1.54) is 13.2 Å². The van der Waals surface area contributed by atoms with Crippen LogP contribution in [0.2, 0.25) is 0 Å². The van der Waals surface area contributed by atoms with E-state index in [2.05, 4.69) is 0 Å². The van der Waals surface area contributed by atoms with Crippen LogP contribution in [0.4, 0.5) is 0 Å². The summed E-state index contributed by atoms with van der Waals surface area (Å²) in [5.41, 5.74) is 1.27. The summed E-state index contributed by atoms with van der Waals surface area (Å²) in [6.07, 6.45) is 2.75. The van der Waals surface area contributed by atoms with Crippen LogP contribution in [0.1, 0.15) is 18.1 Å². The number of rotatable bonds is 6. The molecule has 0 saturated carbocycles. The summed E-state index contributed by atoms with van der Waals surface area (Å²) in [6, 6.07) is 5.01. The number of carboxylic acid groups (broad SMARTS) is 1. The summed E-state index contributed by atoms with van der Waals surface area (Å²) in [7, 11) is 1.51. The number of esters is 1. The fourth-order valence-electron chi connectivity index (χ4n) is 1.55. The minimum absolute atomic E-state index is 0.0791. The fraction of sp³-hybridized carbons (Fsp3) is 0.286. The van der Waals surface area contributed by atoms with Crippen molar-refractivity contribution in [2.75, 3.05) is 13.7 Å². The molecule has 19 heavy (non-hydrogen) atoms. The molecule has 0 aromatic heterocycles. The van der Waals surface area contributed by atoms with Crippen molar-refractivity contribution in [2.45, 2.75) is 13.3 Å². The Bertz CT molecular complexity index is 491. The molecule has 0 radical (unpaired) electrons. The smallest absolute Gasteiger partial charge is 0.330 e. The van der Waals surface area contributed by atoms with Gasteiger partial charge in [0.15, 0.2) is 0 Å². The molecule has 0 amide bonds. The van der Waals surface area contributed by atoms with Crippen molar-refractivity contribution in [3.8, 4) is 5.75 Å². The molecule has 0 heterocycles. The topological polar surface area (TPSA) is 72.8 Å². The quantitative estimate of drug-likeness (QED) is 0.627. The summed E-state index contributed by atoms with van der Waals surface area (Å²) in [5.74, 6) is -0.798. The first-order chi connectivity index (χ1) is 9.06. The van der Waals surface area contributed by atoms with E-state index in [9.17, 15) is 9.59 Å². The zero-order chi connectivity index (χ0) is 14.3. The molecule has 0 saturated heterocycles. The SMILES string of the molecule is CCOC(=O)C=Cc1cc(CC(=O)O)ccc1OC. The van der Waals surface area contributed by atoms with E-state index in [1.807, 2.05) is 0 Å². The van der Waals surface area contributed by atoms with Gasteiger partial charge in [0, 0.05) is 11.6 Å². The number of carbonyl (C=O) groups excluding carboxylic acids is 1. The molecule has 0 atom stereocenters. The molecule has 1 aromatic carbocycles. The van der Waals surface area contributed by atoms with E-state index in [1.54, 1.807) is 31.2 Å². The van der Waals surface area contributed by atoms with Crippen LogP contribution in [0, 0.1) is 0 Å². The molecule has 0 aliphatic heterocycles. The van der Waals surface area contributed by atoms with Gasteiger partial charge < -0.3 is 14.6 Å². The van der Waals surface area contributed by atoms with Crippen molar-refractivity contribution >= 4 is 18.0 Å². The summed E-state index contributed by atoms with van der Waals surface area (Å²) in [4.78, 5) is 21.9. The fourth-order valence-corrected chi connectivity index (χ4v) is 1.55. The van der Waals surface area contributed by atoms with E-state index < -0.39 is 11.9 Å². The molecule has 102 valence electrons. The molecule has 5 heteroatoms. The van der Waals surface area contributed by atoms with Gasteiger partial charge in [-0.25, -0.2) is 4.79 Å². The molecular formula is C14H16O5. The normalized spacial score (nSPS) is 10.4. The Hall–Kier alpha value is -2.30. The van der Waals surface area contributed by atoms with Gasteiger partial charge in [0.25, 0.3) is 0 Å². The van der Waals surface area contributed by atoms with Crippen LogP contribution < -0.4 is 4.74 Å².